The van der Waals surface area contributed by atoms with Crippen molar-refractivity contribution in [3.8, 4) is 0 Å². The zero-order chi connectivity index (χ0) is 22.9. The zero-order valence-electron chi connectivity index (χ0n) is 19.4. The first-order valence-electron chi connectivity index (χ1n) is 11.1. The van der Waals surface area contributed by atoms with E-state index in [1.165, 1.54) is 0 Å². The van der Waals surface area contributed by atoms with Crippen molar-refractivity contribution in [1.29, 1.82) is 0 Å². The molecule has 0 aromatic heterocycles. The molecule has 2 amide bonds. The van der Waals surface area contributed by atoms with Crippen molar-refractivity contribution in [1.82, 2.24) is 9.80 Å². The molecule has 2 atom stereocenters. The summed E-state index contributed by atoms with van der Waals surface area (Å²) in [6, 6.07) is 9.54. The fourth-order valence-electron chi connectivity index (χ4n) is 4.57. The summed E-state index contributed by atoms with van der Waals surface area (Å²) in [4.78, 5) is 29.1. The maximum absolute atomic E-state index is 13.2. The zero-order valence-corrected chi connectivity index (χ0v) is 19.4. The van der Waals surface area contributed by atoms with Crippen LogP contribution in [0.15, 0.2) is 30.3 Å². The first-order valence-corrected chi connectivity index (χ1v) is 11.1. The van der Waals surface area contributed by atoms with Crippen LogP contribution in [0, 0.1) is 0 Å². The molecule has 0 aliphatic carbocycles. The van der Waals surface area contributed by atoms with Crippen LogP contribution in [0.1, 0.15) is 65.9 Å². The van der Waals surface area contributed by atoms with E-state index in [0.717, 1.165) is 18.4 Å². The molecular formula is C24H36N2O5. The number of benzene rings is 1. The fourth-order valence-corrected chi connectivity index (χ4v) is 4.57. The molecule has 1 N–H and O–H groups in total. The normalized spacial score (nSPS) is 25.2. The highest BCUT2D eigenvalue weighted by molar-refractivity contribution is 5.71. The van der Waals surface area contributed by atoms with Crippen molar-refractivity contribution < 1.29 is 24.2 Å². The van der Waals surface area contributed by atoms with Crippen LogP contribution in [0.5, 0.6) is 0 Å². The topological polar surface area (TPSA) is 79.3 Å². The predicted octanol–water partition coefficient (Wildman–Crippen LogP) is 4.28. The van der Waals surface area contributed by atoms with Crippen molar-refractivity contribution >= 4 is 12.2 Å². The highest BCUT2D eigenvalue weighted by atomic mass is 16.6. The minimum atomic E-state index is -0.989. The van der Waals surface area contributed by atoms with Crippen molar-refractivity contribution in [2.24, 2.45) is 0 Å². The predicted molar refractivity (Wildman–Crippen MR) is 118 cm³/mol. The summed E-state index contributed by atoms with van der Waals surface area (Å²) in [6.45, 7) is 10.6. The second-order valence-corrected chi connectivity index (χ2v) is 10.4. The molecule has 172 valence electrons. The SMILES string of the molecule is CC(C)(O)CC1(c2ccccc2)CCN(C2CCCN(C(=O)OC(C)(C)C)C2)C(=O)O1. The number of nitrogens with zero attached hydrogens (tertiary/aromatic N) is 2. The molecule has 0 spiro atoms. The van der Waals surface area contributed by atoms with Gasteiger partial charge in [0, 0.05) is 32.5 Å². The smallest absolute Gasteiger partial charge is 0.410 e. The number of ether oxygens (including phenoxy) is 2. The van der Waals surface area contributed by atoms with Crippen LogP contribution in [0.3, 0.4) is 0 Å². The molecule has 2 saturated heterocycles. The largest absolute Gasteiger partial charge is 0.444 e. The van der Waals surface area contributed by atoms with Gasteiger partial charge in [-0.05, 0) is 53.0 Å². The van der Waals surface area contributed by atoms with Gasteiger partial charge in [0.2, 0.25) is 0 Å². The summed E-state index contributed by atoms with van der Waals surface area (Å²) >= 11 is 0. The summed E-state index contributed by atoms with van der Waals surface area (Å²) in [5.41, 5.74) is -1.52. The average Bonchev–Trinajstić information content (AvgIpc) is 2.66. The second kappa shape index (κ2) is 8.69. The van der Waals surface area contributed by atoms with Crippen LogP contribution in [0.2, 0.25) is 0 Å². The number of piperidine rings is 1. The quantitative estimate of drug-likeness (QED) is 0.768. The first-order chi connectivity index (χ1) is 14.4. The van der Waals surface area contributed by atoms with E-state index in [1.54, 1.807) is 23.6 Å². The molecule has 3 rings (SSSR count). The van der Waals surface area contributed by atoms with Crippen molar-refractivity contribution in [3.05, 3.63) is 35.9 Å². The molecule has 0 bridgehead atoms. The van der Waals surface area contributed by atoms with Crippen LogP contribution in [0.25, 0.3) is 0 Å². The van der Waals surface area contributed by atoms with Gasteiger partial charge < -0.3 is 24.4 Å². The Balaban J connectivity index is 1.73. The summed E-state index contributed by atoms with van der Waals surface area (Å²) in [7, 11) is 0. The van der Waals surface area contributed by atoms with E-state index >= 15 is 0 Å². The van der Waals surface area contributed by atoms with Crippen LogP contribution >= 0.6 is 0 Å². The number of rotatable bonds is 4. The lowest BCUT2D eigenvalue weighted by molar-refractivity contribution is -0.105. The van der Waals surface area contributed by atoms with Crippen LogP contribution < -0.4 is 0 Å². The summed E-state index contributed by atoms with van der Waals surface area (Å²) < 4.78 is 11.6. The lowest BCUT2D eigenvalue weighted by Gasteiger charge is -2.47. The fraction of sp³-hybridized carbons (Fsp3) is 0.667. The van der Waals surface area contributed by atoms with Crippen molar-refractivity contribution in [2.45, 2.75) is 83.1 Å². The number of hydrogen-bond donors (Lipinski definition) is 1. The Kier molecular flexibility index (Phi) is 6.56. The van der Waals surface area contributed by atoms with E-state index in [-0.39, 0.29) is 12.1 Å². The van der Waals surface area contributed by atoms with E-state index < -0.39 is 22.9 Å². The Labute approximate surface area is 185 Å². The van der Waals surface area contributed by atoms with Gasteiger partial charge in [-0.15, -0.1) is 0 Å². The molecule has 2 fully saturated rings. The summed E-state index contributed by atoms with van der Waals surface area (Å²) in [6.07, 6.45) is 1.78. The van der Waals surface area contributed by atoms with Crippen LogP contribution in [-0.4, -0.2) is 64.0 Å². The Morgan fingerprint density at radius 2 is 1.87 bits per heavy atom. The number of carbonyl (C=O) groups is 2. The van der Waals surface area contributed by atoms with Gasteiger partial charge in [0.25, 0.3) is 0 Å². The minimum Gasteiger partial charge on any atom is -0.444 e. The number of amides is 2. The van der Waals surface area contributed by atoms with Crippen LogP contribution in [0.4, 0.5) is 9.59 Å². The third-order valence-corrected chi connectivity index (χ3v) is 5.78. The van der Waals surface area contributed by atoms with Gasteiger partial charge in [-0.1, -0.05) is 30.3 Å². The van der Waals surface area contributed by atoms with E-state index in [2.05, 4.69) is 0 Å². The second-order valence-electron chi connectivity index (χ2n) is 10.4. The minimum absolute atomic E-state index is 0.107. The number of likely N-dealkylation sites (tertiary alicyclic amines) is 1. The van der Waals surface area contributed by atoms with Crippen LogP contribution in [-0.2, 0) is 15.1 Å². The Hall–Kier alpha value is -2.28. The van der Waals surface area contributed by atoms with E-state index in [1.807, 2.05) is 51.1 Å². The number of cyclic esters (lactones) is 1. The Bertz CT molecular complexity index is 783. The summed E-state index contributed by atoms with van der Waals surface area (Å²) in [5, 5.41) is 10.5. The van der Waals surface area contributed by atoms with Gasteiger partial charge in [0.05, 0.1) is 11.6 Å². The Morgan fingerprint density at radius 1 is 1.19 bits per heavy atom. The average molecular weight is 433 g/mol. The maximum Gasteiger partial charge on any atom is 0.410 e. The number of aliphatic hydroxyl groups is 1. The standard InChI is InChI=1S/C24H36N2O5/c1-22(2,3)30-20(27)25-14-9-12-19(16-25)26-15-13-24(31-21(26)28,17-23(4,5)29)18-10-7-6-8-11-18/h6-8,10-11,19,29H,9,12-17H2,1-5H3. The molecule has 2 heterocycles. The van der Waals surface area contributed by atoms with Gasteiger partial charge in [-0.3, -0.25) is 0 Å². The first kappa shape index (κ1) is 23.4. The molecule has 7 nitrogen and oxygen atoms in total. The molecule has 2 aliphatic rings. The van der Waals surface area contributed by atoms with Gasteiger partial charge in [0.15, 0.2) is 0 Å². The lowest BCUT2D eigenvalue weighted by Crippen LogP contribution is -2.57. The molecule has 7 heteroatoms. The van der Waals surface area contributed by atoms with E-state index in [4.69, 9.17) is 9.47 Å². The van der Waals surface area contributed by atoms with E-state index in [9.17, 15) is 14.7 Å². The van der Waals surface area contributed by atoms with Crippen molar-refractivity contribution in [3.63, 3.8) is 0 Å². The molecule has 31 heavy (non-hydrogen) atoms. The number of hydrogen-bond acceptors (Lipinski definition) is 5. The summed E-state index contributed by atoms with van der Waals surface area (Å²) in [5.74, 6) is 0. The van der Waals surface area contributed by atoms with Gasteiger partial charge in [0.1, 0.15) is 11.2 Å². The molecular weight excluding hydrogens is 396 g/mol. The highest BCUT2D eigenvalue weighted by Gasteiger charge is 2.47. The lowest BCUT2D eigenvalue weighted by atomic mass is 9.80. The van der Waals surface area contributed by atoms with Gasteiger partial charge in [-0.2, -0.15) is 0 Å². The maximum atomic E-state index is 13.2. The van der Waals surface area contributed by atoms with E-state index in [0.29, 0.717) is 32.5 Å². The molecule has 0 radical (unpaired) electrons. The molecule has 2 aliphatic heterocycles. The molecule has 0 saturated carbocycles. The molecule has 1 aromatic carbocycles. The number of carbonyl (C=O) groups excluding carboxylic acids is 2. The molecule has 2 unspecified atom stereocenters. The Morgan fingerprint density at radius 3 is 2.45 bits per heavy atom. The van der Waals surface area contributed by atoms with Crippen molar-refractivity contribution in [2.75, 3.05) is 19.6 Å². The molecule has 1 aromatic rings. The van der Waals surface area contributed by atoms with Gasteiger partial charge >= 0.3 is 12.2 Å². The van der Waals surface area contributed by atoms with Gasteiger partial charge in [-0.25, -0.2) is 9.59 Å². The highest BCUT2D eigenvalue weighted by Crippen LogP contribution is 2.41. The monoisotopic (exact) mass is 432 g/mol. The third-order valence-electron chi connectivity index (χ3n) is 5.78. The third kappa shape index (κ3) is 5.91.